The Morgan fingerprint density at radius 1 is 0.392 bits per heavy atom. The highest BCUT2D eigenvalue weighted by Crippen LogP contribution is 2.52. The predicted molar refractivity (Wildman–Crippen MR) is 334 cm³/mol. The molecule has 5 heteroatoms. The van der Waals surface area contributed by atoms with Gasteiger partial charge in [-0.1, -0.05) is 189 Å². The van der Waals surface area contributed by atoms with Gasteiger partial charge in [0.25, 0.3) is 0 Å². The van der Waals surface area contributed by atoms with Crippen LogP contribution in [0.3, 0.4) is 0 Å². The summed E-state index contributed by atoms with van der Waals surface area (Å²) in [4.78, 5) is 29.1. The number of aromatic nitrogens is 1. The minimum absolute atomic E-state index is 0.0113. The molecule has 0 bridgehead atoms. The molecule has 0 unspecified atom stereocenters. The molecule has 0 atom stereocenters. The van der Waals surface area contributed by atoms with Gasteiger partial charge in [0.2, 0.25) is 0 Å². The smallest absolute Gasteiger partial charge is 0.346 e. The van der Waals surface area contributed by atoms with Crippen molar-refractivity contribution >= 4 is 159 Å². The zero-order valence-electron chi connectivity index (χ0n) is 45.7. The van der Waals surface area contributed by atoms with Crippen molar-refractivity contribution in [2.24, 2.45) is 0 Å². The molecule has 0 radical (unpaired) electrons. The minimum Gasteiger partial charge on any atom is -0.386 e. The lowest BCUT2D eigenvalue weighted by molar-refractivity contribution is 0.0391. The Labute approximate surface area is 457 Å². The number of hydrogen-bond acceptors (Lipinski definition) is 4. The van der Waals surface area contributed by atoms with Crippen LogP contribution < -0.4 is 4.90 Å². The molecule has 0 saturated heterocycles. The Bertz CT molecular complexity index is 4930. The standard InChI is InChI=1S/C74H58N2O3/c1-8-9-10-11-33-75-61-38-48(23-26-54(61)68-55-14-12-13-49-50-27-29-56-70-57(72(78)79-71(56)77)30-28-51(69(50)70)58(67(49)55)39-62(68)75)76(59-31-21-40-15-17-42-34-46(73(2,3)4)36-44-19-24-52(59)65(40)63(42)44)60-32-22-41-16-18-43-35-47(74(5,6)7)37-45-20-25-53(60)66(41)64(43)45/h12-32,34-39H,8-11,33H2,1-7H3. The number of cyclic esters (lactones) is 2. The predicted octanol–water partition coefficient (Wildman–Crippen LogP) is 20.6. The lowest BCUT2D eigenvalue weighted by Gasteiger charge is -2.30. The van der Waals surface area contributed by atoms with E-state index in [1.54, 1.807) is 0 Å². The maximum atomic E-state index is 13.3. The van der Waals surface area contributed by atoms with Crippen LogP contribution in [0.5, 0.6) is 0 Å². The highest BCUT2D eigenvalue weighted by atomic mass is 16.6. The fourth-order valence-electron chi connectivity index (χ4n) is 14.3. The number of benzene rings is 14. The fraction of sp³-hybridized carbons (Fsp3) is 0.189. The third-order valence-corrected chi connectivity index (χ3v) is 18.2. The van der Waals surface area contributed by atoms with Gasteiger partial charge < -0.3 is 14.2 Å². The number of esters is 2. The maximum Gasteiger partial charge on any atom is 0.346 e. The number of fused-ring (bicyclic) bond motifs is 6. The molecule has 15 aromatic rings. The van der Waals surface area contributed by atoms with Gasteiger partial charge in [-0.25, -0.2) is 9.59 Å². The topological polar surface area (TPSA) is 51.5 Å². The van der Waals surface area contributed by atoms with E-state index in [1.807, 2.05) is 18.2 Å². The van der Waals surface area contributed by atoms with Crippen LogP contribution >= 0.6 is 0 Å². The summed E-state index contributed by atoms with van der Waals surface area (Å²) < 4.78 is 7.84. The Kier molecular flexibility index (Phi) is 9.46. The number of ether oxygens (including phenoxy) is 1. The minimum atomic E-state index is -0.591. The average Bonchev–Trinajstić information content (AvgIpc) is 3.80. The van der Waals surface area contributed by atoms with Crippen LogP contribution in [-0.4, -0.2) is 16.5 Å². The molecule has 382 valence electrons. The second-order valence-electron chi connectivity index (χ2n) is 24.9. The van der Waals surface area contributed by atoms with Crippen LogP contribution in [0.1, 0.15) is 106 Å². The Morgan fingerprint density at radius 3 is 1.46 bits per heavy atom. The van der Waals surface area contributed by atoms with Crippen molar-refractivity contribution in [3.63, 3.8) is 0 Å². The average molecular weight is 1020 g/mol. The molecule has 1 aliphatic rings. The first-order valence-corrected chi connectivity index (χ1v) is 28.4. The lowest BCUT2D eigenvalue weighted by atomic mass is 9.83. The second kappa shape index (κ2) is 16.1. The molecular weight excluding hydrogens is 965 g/mol. The van der Waals surface area contributed by atoms with Crippen molar-refractivity contribution in [1.82, 2.24) is 4.57 Å². The van der Waals surface area contributed by atoms with Gasteiger partial charge in [0.05, 0.1) is 33.5 Å². The highest BCUT2D eigenvalue weighted by molar-refractivity contribution is 6.41. The van der Waals surface area contributed by atoms with Crippen LogP contribution in [0.15, 0.2) is 164 Å². The van der Waals surface area contributed by atoms with E-state index in [9.17, 15) is 9.59 Å². The van der Waals surface area contributed by atoms with Gasteiger partial charge in [0.1, 0.15) is 0 Å². The van der Waals surface area contributed by atoms with Gasteiger partial charge >= 0.3 is 11.9 Å². The number of carbonyl (C=O) groups excluding carboxylic acids is 2. The zero-order chi connectivity index (χ0) is 53.5. The van der Waals surface area contributed by atoms with E-state index in [1.165, 1.54) is 115 Å². The number of rotatable bonds is 8. The van der Waals surface area contributed by atoms with E-state index in [2.05, 4.69) is 204 Å². The molecule has 5 nitrogen and oxygen atoms in total. The Balaban J connectivity index is 1.00. The van der Waals surface area contributed by atoms with Gasteiger partial charge in [0, 0.05) is 39.2 Å². The van der Waals surface area contributed by atoms with Crippen molar-refractivity contribution in [1.29, 1.82) is 0 Å². The summed E-state index contributed by atoms with van der Waals surface area (Å²) in [5.74, 6) is -1.18. The second-order valence-corrected chi connectivity index (χ2v) is 24.9. The number of aryl methyl sites for hydroxylation is 1. The summed E-state index contributed by atoms with van der Waals surface area (Å²) in [6.45, 7) is 17.0. The molecule has 0 fully saturated rings. The summed E-state index contributed by atoms with van der Waals surface area (Å²) in [5.41, 5.74) is 9.33. The van der Waals surface area contributed by atoms with Crippen LogP contribution in [-0.2, 0) is 22.1 Å². The van der Waals surface area contributed by atoms with Crippen LogP contribution in [0.25, 0.3) is 130 Å². The van der Waals surface area contributed by atoms with Gasteiger partial charge in [-0.15, -0.1) is 0 Å². The summed E-state index contributed by atoms with van der Waals surface area (Å²) in [6.07, 6.45) is 4.51. The first-order valence-electron chi connectivity index (χ1n) is 28.4. The molecule has 0 spiro atoms. The van der Waals surface area contributed by atoms with Crippen molar-refractivity contribution in [3.8, 4) is 0 Å². The zero-order valence-corrected chi connectivity index (χ0v) is 45.7. The number of unbranched alkanes of at least 4 members (excludes halogenated alkanes) is 3. The normalized spacial score (nSPS) is 13.7. The Morgan fingerprint density at radius 2 is 0.886 bits per heavy atom. The summed E-state index contributed by atoms with van der Waals surface area (Å²) in [6, 6.07) is 61.9. The monoisotopic (exact) mass is 1020 g/mol. The van der Waals surface area contributed by atoms with Crippen molar-refractivity contribution in [3.05, 3.63) is 186 Å². The van der Waals surface area contributed by atoms with E-state index in [4.69, 9.17) is 4.74 Å². The van der Waals surface area contributed by atoms with Crippen LogP contribution in [0.2, 0.25) is 0 Å². The van der Waals surface area contributed by atoms with Crippen molar-refractivity contribution in [2.75, 3.05) is 4.90 Å². The number of carbonyl (C=O) groups is 2. The third kappa shape index (κ3) is 6.44. The van der Waals surface area contributed by atoms with Gasteiger partial charge in [-0.2, -0.15) is 0 Å². The summed E-state index contributed by atoms with van der Waals surface area (Å²) in [7, 11) is 0. The largest absolute Gasteiger partial charge is 0.386 e. The van der Waals surface area contributed by atoms with Gasteiger partial charge in [-0.3, -0.25) is 0 Å². The molecule has 16 rings (SSSR count). The van der Waals surface area contributed by atoms with Gasteiger partial charge in [0.15, 0.2) is 0 Å². The molecule has 0 aliphatic carbocycles. The van der Waals surface area contributed by atoms with E-state index in [-0.39, 0.29) is 10.8 Å². The third-order valence-electron chi connectivity index (χ3n) is 18.2. The molecule has 1 aliphatic heterocycles. The van der Waals surface area contributed by atoms with E-state index >= 15 is 0 Å². The molecule has 14 aromatic carbocycles. The molecule has 2 heterocycles. The number of hydrogen-bond donors (Lipinski definition) is 0. The maximum absolute atomic E-state index is 13.3. The molecule has 0 saturated carbocycles. The van der Waals surface area contributed by atoms with E-state index in [0.29, 0.717) is 16.5 Å². The first kappa shape index (κ1) is 46.3. The quantitative estimate of drug-likeness (QED) is 0.0500. The van der Waals surface area contributed by atoms with Crippen molar-refractivity contribution in [2.45, 2.75) is 91.5 Å². The highest BCUT2D eigenvalue weighted by Gasteiger charge is 2.31. The molecule has 79 heavy (non-hydrogen) atoms. The lowest BCUT2D eigenvalue weighted by Crippen LogP contribution is -2.19. The van der Waals surface area contributed by atoms with Crippen molar-refractivity contribution < 1.29 is 14.3 Å². The van der Waals surface area contributed by atoms with Crippen LogP contribution in [0.4, 0.5) is 17.1 Å². The molecule has 0 N–H and O–H groups in total. The summed E-state index contributed by atoms with van der Waals surface area (Å²) >= 11 is 0. The van der Waals surface area contributed by atoms with E-state index in [0.717, 1.165) is 69.8 Å². The molecule has 1 aromatic heterocycles. The first-order chi connectivity index (χ1) is 38.2. The molecule has 0 amide bonds. The Hall–Kier alpha value is -8.80. The van der Waals surface area contributed by atoms with Gasteiger partial charge in [-0.05, 0) is 162 Å². The fourth-order valence-corrected chi connectivity index (χ4v) is 14.3. The summed E-state index contributed by atoms with van der Waals surface area (Å²) in [5, 5.41) is 26.0. The SMILES string of the molecule is CCCCCCn1c2cc(N(c3ccc4ccc5cc(C(C)(C)C)cc6ccc3c4c56)c3ccc4ccc5cc(C(C)(C)C)cc6ccc3c4c56)ccc2c2c3cccc4c5ccc6c7c(ccc(c(cc21)c43)c75)C(=O)OC6=O. The number of nitrogens with zero attached hydrogens (tertiary/aromatic N) is 2. The number of anilines is 3. The van der Waals surface area contributed by atoms with Crippen LogP contribution in [0, 0.1) is 0 Å². The van der Waals surface area contributed by atoms with E-state index < -0.39 is 11.9 Å². The molecular formula is C74H58N2O3.